The molecule has 8 nitrogen and oxygen atoms in total. The average molecular weight is 695 g/mol. The quantitative estimate of drug-likeness (QED) is 0.0313. The largest absolute Gasteiger partial charge is 0.472 e. The second-order valence-electron chi connectivity index (χ2n) is 11.9. The van der Waals surface area contributed by atoms with E-state index in [9.17, 15) is 19.0 Å². The zero-order valence-corrected chi connectivity index (χ0v) is 31.3. The number of carbonyl (C=O) groups excluding carboxylic acids is 2. The Morgan fingerprint density at radius 3 is 1.62 bits per heavy atom. The first-order valence-electron chi connectivity index (χ1n) is 18.6. The number of unbranched alkanes of at least 4 members (excludes halogenated alkanes) is 11. The van der Waals surface area contributed by atoms with Crippen molar-refractivity contribution in [3.8, 4) is 0 Å². The van der Waals surface area contributed by atoms with Gasteiger partial charge in [-0.2, -0.15) is 0 Å². The fourth-order valence-corrected chi connectivity index (χ4v) is 5.37. The van der Waals surface area contributed by atoms with Gasteiger partial charge in [0.2, 0.25) is 0 Å². The van der Waals surface area contributed by atoms with E-state index in [0.29, 0.717) is 6.42 Å². The third-order valence-corrected chi connectivity index (χ3v) is 8.37. The summed E-state index contributed by atoms with van der Waals surface area (Å²) < 4.78 is 32.4. The molecule has 0 fully saturated rings. The van der Waals surface area contributed by atoms with Crippen LogP contribution < -0.4 is 0 Å². The summed E-state index contributed by atoms with van der Waals surface area (Å²) in [5.74, 6) is -0.856. The van der Waals surface area contributed by atoms with Crippen LogP contribution in [0.1, 0.15) is 149 Å². The van der Waals surface area contributed by atoms with Crippen LogP contribution in [0, 0.1) is 0 Å². The molecule has 0 aliphatic carbocycles. The molecule has 1 N–H and O–H groups in total. The molecule has 0 aromatic rings. The van der Waals surface area contributed by atoms with Crippen LogP contribution in [0.4, 0.5) is 0 Å². The molecule has 0 aliphatic rings. The Hall–Kier alpha value is -2.25. The van der Waals surface area contributed by atoms with Crippen molar-refractivity contribution in [2.75, 3.05) is 19.8 Å². The summed E-state index contributed by atoms with van der Waals surface area (Å²) >= 11 is 0. The lowest BCUT2D eigenvalue weighted by molar-refractivity contribution is -0.161. The van der Waals surface area contributed by atoms with Crippen molar-refractivity contribution in [3.05, 3.63) is 60.8 Å². The highest BCUT2D eigenvalue weighted by molar-refractivity contribution is 7.47. The minimum Gasteiger partial charge on any atom is -0.462 e. The van der Waals surface area contributed by atoms with E-state index in [2.05, 4.69) is 74.6 Å². The predicted molar refractivity (Wildman–Crippen MR) is 198 cm³/mol. The van der Waals surface area contributed by atoms with E-state index in [1.807, 2.05) is 0 Å². The topological polar surface area (TPSA) is 108 Å². The van der Waals surface area contributed by atoms with Crippen LogP contribution in [-0.4, -0.2) is 42.8 Å². The maximum Gasteiger partial charge on any atom is 0.472 e. The van der Waals surface area contributed by atoms with Crippen LogP contribution in [0.15, 0.2) is 60.8 Å². The van der Waals surface area contributed by atoms with Crippen LogP contribution in [0.25, 0.3) is 0 Å². The molecular weight excluding hydrogens is 627 g/mol. The van der Waals surface area contributed by atoms with E-state index in [4.69, 9.17) is 18.5 Å². The first-order valence-corrected chi connectivity index (χ1v) is 20.1. The Morgan fingerprint density at radius 1 is 0.583 bits per heavy atom. The first kappa shape index (κ1) is 45.8. The number of rotatable bonds is 33. The summed E-state index contributed by atoms with van der Waals surface area (Å²) in [6.07, 6.45) is 39.9. The zero-order valence-electron chi connectivity index (χ0n) is 30.4. The fraction of sp³-hybridized carbons (Fsp3) is 0.692. The minimum atomic E-state index is -4.29. The average Bonchev–Trinajstić information content (AvgIpc) is 3.06. The summed E-state index contributed by atoms with van der Waals surface area (Å²) in [7, 11) is -4.29. The Labute approximate surface area is 292 Å². The second-order valence-corrected chi connectivity index (χ2v) is 13.3. The lowest BCUT2D eigenvalue weighted by atomic mass is 10.1. The molecule has 0 heterocycles. The highest BCUT2D eigenvalue weighted by Crippen LogP contribution is 2.43. The van der Waals surface area contributed by atoms with Gasteiger partial charge >= 0.3 is 19.8 Å². The summed E-state index contributed by atoms with van der Waals surface area (Å²) in [4.78, 5) is 34.5. The summed E-state index contributed by atoms with van der Waals surface area (Å²) in [6.45, 7) is 5.25. The molecule has 0 aliphatic heterocycles. The van der Waals surface area contributed by atoms with Gasteiger partial charge in [0, 0.05) is 12.8 Å². The van der Waals surface area contributed by atoms with Gasteiger partial charge in [-0.15, -0.1) is 0 Å². The minimum absolute atomic E-state index is 0.0106. The molecule has 0 rings (SSSR count). The molecular formula is C39H67O8P. The lowest BCUT2D eigenvalue weighted by Gasteiger charge is -2.19. The highest BCUT2D eigenvalue weighted by Gasteiger charge is 2.25. The van der Waals surface area contributed by atoms with Crippen molar-refractivity contribution in [3.63, 3.8) is 0 Å². The lowest BCUT2D eigenvalue weighted by Crippen LogP contribution is -2.29. The Morgan fingerprint density at radius 2 is 1.06 bits per heavy atom. The van der Waals surface area contributed by atoms with Gasteiger partial charge in [-0.1, -0.05) is 113 Å². The number of ether oxygens (including phenoxy) is 2. The Kier molecular flexibility index (Phi) is 33.0. The molecule has 0 radical (unpaired) electrons. The van der Waals surface area contributed by atoms with Gasteiger partial charge in [0.15, 0.2) is 6.10 Å². The molecule has 2 atom stereocenters. The highest BCUT2D eigenvalue weighted by atomic mass is 31.2. The number of hydrogen-bond acceptors (Lipinski definition) is 7. The number of carbonyl (C=O) groups is 2. The van der Waals surface area contributed by atoms with Gasteiger partial charge in [0.25, 0.3) is 0 Å². The molecule has 48 heavy (non-hydrogen) atoms. The number of phosphoric acid groups is 1. The van der Waals surface area contributed by atoms with E-state index >= 15 is 0 Å². The van der Waals surface area contributed by atoms with Gasteiger partial charge < -0.3 is 14.4 Å². The molecule has 0 spiro atoms. The number of hydrogen-bond donors (Lipinski definition) is 1. The third kappa shape index (κ3) is 33.6. The third-order valence-electron chi connectivity index (χ3n) is 7.31. The first-order chi connectivity index (χ1) is 23.3. The van der Waals surface area contributed by atoms with Crippen molar-refractivity contribution in [1.29, 1.82) is 0 Å². The molecule has 0 aromatic carbocycles. The normalized spacial score (nSPS) is 14.2. The van der Waals surface area contributed by atoms with Gasteiger partial charge in [-0.05, 0) is 84.0 Å². The Balaban J connectivity index is 4.25. The van der Waals surface area contributed by atoms with Crippen molar-refractivity contribution in [2.45, 2.75) is 155 Å². The van der Waals surface area contributed by atoms with E-state index in [1.54, 1.807) is 6.92 Å². The molecule has 2 unspecified atom stereocenters. The maximum absolute atomic E-state index is 12.5. The monoisotopic (exact) mass is 694 g/mol. The number of allylic oxidation sites excluding steroid dienone is 10. The SMILES string of the molecule is CC/C=C\C/C=C\C/C=C\CCCCCC(=O)OC(COC(=O)CCCCCCC/C=C\C/C=C\CCCCC)COP(=O)(O)OCC. The molecule has 0 amide bonds. The zero-order chi connectivity index (χ0) is 35.4. The van der Waals surface area contributed by atoms with Gasteiger partial charge in [0.1, 0.15) is 6.61 Å². The van der Waals surface area contributed by atoms with Gasteiger partial charge in [-0.25, -0.2) is 4.57 Å². The molecule has 0 saturated heterocycles. The fourth-order valence-electron chi connectivity index (χ4n) is 4.61. The Bertz CT molecular complexity index is 969. The van der Waals surface area contributed by atoms with Crippen LogP contribution in [0.2, 0.25) is 0 Å². The van der Waals surface area contributed by atoms with Crippen LogP contribution in [-0.2, 0) is 32.7 Å². The van der Waals surface area contributed by atoms with Crippen molar-refractivity contribution < 1.29 is 37.6 Å². The summed E-state index contributed by atoms with van der Waals surface area (Å²) in [5, 5.41) is 0. The summed E-state index contributed by atoms with van der Waals surface area (Å²) in [6, 6.07) is 0. The van der Waals surface area contributed by atoms with Crippen LogP contribution in [0.5, 0.6) is 0 Å². The number of phosphoric ester groups is 1. The number of esters is 2. The molecule has 9 heteroatoms. The maximum atomic E-state index is 12.5. The van der Waals surface area contributed by atoms with E-state index in [0.717, 1.165) is 83.5 Å². The molecule has 0 aromatic heterocycles. The predicted octanol–water partition coefficient (Wildman–Crippen LogP) is 11.2. The van der Waals surface area contributed by atoms with Crippen molar-refractivity contribution in [2.24, 2.45) is 0 Å². The van der Waals surface area contributed by atoms with E-state index in [1.165, 1.54) is 25.7 Å². The van der Waals surface area contributed by atoms with E-state index < -0.39 is 32.5 Å². The summed E-state index contributed by atoms with van der Waals surface area (Å²) in [5.41, 5.74) is 0. The smallest absolute Gasteiger partial charge is 0.462 e. The van der Waals surface area contributed by atoms with Crippen LogP contribution >= 0.6 is 7.82 Å². The standard InChI is InChI=1S/C39H67O8P/c1-4-7-9-11-13-15-17-19-20-22-23-25-27-29-31-33-38(40)44-35-37(36-46-48(42,43)45-6-3)47-39(41)34-32-30-28-26-24-21-18-16-14-12-10-8-5-2/h8,10,13-16,19-21,24,37H,4-7,9,11-12,17-18,22-23,25-36H2,1-3H3,(H,42,43)/b10-8-,15-13-,16-14-,20-19-,24-21-. The second kappa shape index (κ2) is 34.6. The van der Waals surface area contributed by atoms with Crippen molar-refractivity contribution in [1.82, 2.24) is 0 Å². The van der Waals surface area contributed by atoms with E-state index in [-0.39, 0.29) is 26.1 Å². The molecule has 276 valence electrons. The van der Waals surface area contributed by atoms with Crippen molar-refractivity contribution >= 4 is 19.8 Å². The molecule has 0 saturated carbocycles. The van der Waals surface area contributed by atoms with Crippen LogP contribution in [0.3, 0.4) is 0 Å². The molecule has 0 bridgehead atoms. The van der Waals surface area contributed by atoms with Gasteiger partial charge in [0.05, 0.1) is 13.2 Å². The van der Waals surface area contributed by atoms with Gasteiger partial charge in [-0.3, -0.25) is 18.6 Å².